The van der Waals surface area contributed by atoms with Gasteiger partial charge in [0.2, 0.25) is 0 Å². The molecule has 2 nitrogen and oxygen atoms in total. The molecular formula is C12H16N2. The molecule has 1 aliphatic rings. The summed E-state index contributed by atoms with van der Waals surface area (Å²) in [6.45, 7) is 2.24. The normalized spacial score (nSPS) is 27.9. The van der Waals surface area contributed by atoms with Crippen molar-refractivity contribution >= 4 is 6.21 Å². The standard InChI is InChI=1S/C12H16N2/c1-10-8-9-13-12(14(10)2)11-6-4-3-5-7-11/h3-7,9-10,12H,8H2,1-2H3. The van der Waals surface area contributed by atoms with Gasteiger partial charge in [-0.2, -0.15) is 0 Å². The molecule has 2 atom stereocenters. The van der Waals surface area contributed by atoms with Crippen molar-refractivity contribution < 1.29 is 0 Å². The number of rotatable bonds is 1. The van der Waals surface area contributed by atoms with Crippen molar-refractivity contribution in [2.45, 2.75) is 25.6 Å². The maximum atomic E-state index is 4.53. The molecule has 1 aromatic rings. The van der Waals surface area contributed by atoms with Gasteiger partial charge in [-0.25, -0.2) is 0 Å². The van der Waals surface area contributed by atoms with E-state index in [4.69, 9.17) is 0 Å². The van der Waals surface area contributed by atoms with Gasteiger partial charge in [-0.05, 0) is 26.0 Å². The Hall–Kier alpha value is -1.15. The van der Waals surface area contributed by atoms with Gasteiger partial charge in [0.25, 0.3) is 0 Å². The van der Waals surface area contributed by atoms with Crippen LogP contribution in [0, 0.1) is 0 Å². The van der Waals surface area contributed by atoms with Gasteiger partial charge in [0.15, 0.2) is 0 Å². The molecule has 0 N–H and O–H groups in total. The third kappa shape index (κ3) is 1.70. The summed E-state index contributed by atoms with van der Waals surface area (Å²) in [6.07, 6.45) is 3.31. The van der Waals surface area contributed by atoms with E-state index in [1.165, 1.54) is 5.56 Å². The second kappa shape index (κ2) is 3.93. The quantitative estimate of drug-likeness (QED) is 0.661. The van der Waals surface area contributed by atoms with E-state index in [-0.39, 0.29) is 6.17 Å². The fraction of sp³-hybridized carbons (Fsp3) is 0.417. The van der Waals surface area contributed by atoms with Gasteiger partial charge >= 0.3 is 0 Å². The van der Waals surface area contributed by atoms with Crippen molar-refractivity contribution in [3.63, 3.8) is 0 Å². The average Bonchev–Trinajstić information content (AvgIpc) is 2.23. The number of nitrogens with zero attached hydrogens (tertiary/aromatic N) is 2. The number of benzene rings is 1. The molecule has 14 heavy (non-hydrogen) atoms. The van der Waals surface area contributed by atoms with Crippen LogP contribution in [0.15, 0.2) is 35.3 Å². The van der Waals surface area contributed by atoms with Crippen molar-refractivity contribution in [2.75, 3.05) is 7.05 Å². The van der Waals surface area contributed by atoms with Crippen LogP contribution in [0.2, 0.25) is 0 Å². The Morgan fingerprint density at radius 2 is 2.00 bits per heavy atom. The zero-order valence-corrected chi connectivity index (χ0v) is 8.72. The average molecular weight is 188 g/mol. The summed E-state index contributed by atoms with van der Waals surface area (Å²) in [7, 11) is 2.14. The van der Waals surface area contributed by atoms with E-state index in [0.717, 1.165) is 6.42 Å². The number of hydrogen-bond acceptors (Lipinski definition) is 2. The van der Waals surface area contributed by atoms with Crippen LogP contribution in [-0.2, 0) is 0 Å². The van der Waals surface area contributed by atoms with E-state index in [1.807, 2.05) is 12.3 Å². The van der Waals surface area contributed by atoms with E-state index < -0.39 is 0 Å². The first-order valence-electron chi connectivity index (χ1n) is 5.07. The Morgan fingerprint density at radius 3 is 2.71 bits per heavy atom. The van der Waals surface area contributed by atoms with Gasteiger partial charge in [0.1, 0.15) is 6.17 Å². The molecule has 0 radical (unpaired) electrons. The highest BCUT2D eigenvalue weighted by molar-refractivity contribution is 5.59. The lowest BCUT2D eigenvalue weighted by Crippen LogP contribution is -2.35. The van der Waals surface area contributed by atoms with Crippen molar-refractivity contribution in [2.24, 2.45) is 4.99 Å². The van der Waals surface area contributed by atoms with Crippen LogP contribution in [0.5, 0.6) is 0 Å². The van der Waals surface area contributed by atoms with Gasteiger partial charge < -0.3 is 0 Å². The summed E-state index contributed by atoms with van der Waals surface area (Å²) in [4.78, 5) is 6.85. The van der Waals surface area contributed by atoms with Crippen LogP contribution >= 0.6 is 0 Å². The molecule has 1 aromatic carbocycles. The summed E-state index contributed by atoms with van der Waals surface area (Å²) < 4.78 is 0. The van der Waals surface area contributed by atoms with Crippen LogP contribution in [0.1, 0.15) is 25.1 Å². The first kappa shape index (κ1) is 9.41. The molecule has 2 heteroatoms. The highest BCUT2D eigenvalue weighted by Crippen LogP contribution is 2.25. The van der Waals surface area contributed by atoms with Crippen LogP contribution in [0.4, 0.5) is 0 Å². The van der Waals surface area contributed by atoms with Crippen LogP contribution in [0.25, 0.3) is 0 Å². The molecule has 0 aromatic heterocycles. The lowest BCUT2D eigenvalue weighted by atomic mass is 10.1. The zero-order chi connectivity index (χ0) is 9.97. The molecule has 0 saturated carbocycles. The summed E-state index contributed by atoms with van der Waals surface area (Å²) in [5.41, 5.74) is 1.28. The third-order valence-corrected chi connectivity index (χ3v) is 2.87. The Balaban J connectivity index is 2.26. The Bertz CT molecular complexity index is 318. The van der Waals surface area contributed by atoms with E-state index in [9.17, 15) is 0 Å². The monoisotopic (exact) mass is 188 g/mol. The van der Waals surface area contributed by atoms with Crippen molar-refractivity contribution in [1.29, 1.82) is 0 Å². The van der Waals surface area contributed by atoms with Gasteiger partial charge in [-0.15, -0.1) is 0 Å². The first-order valence-corrected chi connectivity index (χ1v) is 5.07. The second-order valence-electron chi connectivity index (χ2n) is 3.87. The largest absolute Gasteiger partial charge is 0.278 e. The summed E-state index contributed by atoms with van der Waals surface area (Å²) in [5, 5.41) is 0. The summed E-state index contributed by atoms with van der Waals surface area (Å²) in [5.74, 6) is 0. The molecule has 0 saturated heterocycles. The Labute approximate surface area is 85.3 Å². The predicted octanol–water partition coefficient (Wildman–Crippen LogP) is 2.48. The first-order chi connectivity index (χ1) is 6.79. The lowest BCUT2D eigenvalue weighted by Gasteiger charge is -2.33. The maximum absolute atomic E-state index is 4.53. The lowest BCUT2D eigenvalue weighted by molar-refractivity contribution is 0.184. The maximum Gasteiger partial charge on any atom is 0.127 e. The molecule has 2 unspecified atom stereocenters. The molecule has 0 fully saturated rings. The van der Waals surface area contributed by atoms with Crippen LogP contribution < -0.4 is 0 Å². The summed E-state index contributed by atoms with van der Waals surface area (Å²) in [6, 6.07) is 11.0. The fourth-order valence-corrected chi connectivity index (χ4v) is 1.77. The topological polar surface area (TPSA) is 15.6 Å². The smallest absolute Gasteiger partial charge is 0.127 e. The van der Waals surface area contributed by atoms with E-state index >= 15 is 0 Å². The van der Waals surface area contributed by atoms with Crippen molar-refractivity contribution in [3.8, 4) is 0 Å². The van der Waals surface area contributed by atoms with Crippen LogP contribution in [-0.4, -0.2) is 24.2 Å². The number of hydrogen-bond donors (Lipinski definition) is 0. The minimum atomic E-state index is 0.208. The minimum absolute atomic E-state index is 0.208. The van der Waals surface area contributed by atoms with E-state index in [2.05, 4.69) is 48.1 Å². The highest BCUT2D eigenvalue weighted by atomic mass is 15.3. The molecule has 2 rings (SSSR count). The van der Waals surface area contributed by atoms with Crippen molar-refractivity contribution in [3.05, 3.63) is 35.9 Å². The van der Waals surface area contributed by atoms with Crippen molar-refractivity contribution in [1.82, 2.24) is 4.90 Å². The predicted molar refractivity (Wildman–Crippen MR) is 59.5 cm³/mol. The molecule has 0 spiro atoms. The second-order valence-corrected chi connectivity index (χ2v) is 3.87. The van der Waals surface area contributed by atoms with Gasteiger partial charge in [0, 0.05) is 12.3 Å². The van der Waals surface area contributed by atoms with E-state index in [0.29, 0.717) is 6.04 Å². The minimum Gasteiger partial charge on any atom is -0.278 e. The highest BCUT2D eigenvalue weighted by Gasteiger charge is 2.22. The fourth-order valence-electron chi connectivity index (χ4n) is 1.77. The molecular weight excluding hydrogens is 172 g/mol. The van der Waals surface area contributed by atoms with Gasteiger partial charge in [0.05, 0.1) is 0 Å². The third-order valence-electron chi connectivity index (χ3n) is 2.87. The van der Waals surface area contributed by atoms with E-state index in [1.54, 1.807) is 0 Å². The molecule has 0 amide bonds. The number of aliphatic imine (C=N–C) groups is 1. The summed E-state index contributed by atoms with van der Waals surface area (Å²) >= 11 is 0. The Morgan fingerprint density at radius 1 is 1.29 bits per heavy atom. The van der Waals surface area contributed by atoms with Gasteiger partial charge in [-0.1, -0.05) is 30.3 Å². The molecule has 0 aliphatic carbocycles. The molecule has 74 valence electrons. The van der Waals surface area contributed by atoms with Crippen LogP contribution in [0.3, 0.4) is 0 Å². The molecule has 1 heterocycles. The molecule has 1 aliphatic heterocycles. The molecule has 0 bridgehead atoms. The Kier molecular flexibility index (Phi) is 2.64. The zero-order valence-electron chi connectivity index (χ0n) is 8.72. The SMILES string of the molecule is CC1CC=NC(c2ccccc2)N1C. The van der Waals surface area contributed by atoms with Gasteiger partial charge in [-0.3, -0.25) is 9.89 Å².